The summed E-state index contributed by atoms with van der Waals surface area (Å²) in [5.41, 5.74) is -0.0232. The molecule has 1 aliphatic heterocycles. The highest BCUT2D eigenvalue weighted by molar-refractivity contribution is 14.0. The van der Waals surface area contributed by atoms with Gasteiger partial charge in [-0.25, -0.2) is 0 Å². The molecule has 1 aromatic carbocycles. The number of aliphatic imine (C=N–C) groups is 1. The summed E-state index contributed by atoms with van der Waals surface area (Å²) >= 11 is 6.17. The third-order valence-electron chi connectivity index (χ3n) is 4.76. The van der Waals surface area contributed by atoms with Crippen molar-refractivity contribution in [2.75, 3.05) is 40.0 Å². The molecule has 1 aliphatic rings. The van der Waals surface area contributed by atoms with E-state index in [1.165, 1.54) is 0 Å². The van der Waals surface area contributed by atoms with Crippen LogP contribution in [0.3, 0.4) is 0 Å². The SMILES string of the molecule is CCC(CNC(=NC)NCC1(CCO)CCOC1)Oc1ccccc1Cl.I. The van der Waals surface area contributed by atoms with E-state index < -0.39 is 0 Å². The average molecular weight is 512 g/mol. The van der Waals surface area contributed by atoms with Crippen LogP contribution in [0.2, 0.25) is 5.02 Å². The van der Waals surface area contributed by atoms with Crippen LogP contribution in [0.1, 0.15) is 26.2 Å². The maximum atomic E-state index is 9.33. The minimum absolute atomic E-state index is 0. The lowest BCUT2D eigenvalue weighted by atomic mass is 9.84. The van der Waals surface area contributed by atoms with Crippen LogP contribution < -0.4 is 15.4 Å². The first-order valence-corrected chi connectivity index (χ1v) is 9.54. The lowest BCUT2D eigenvalue weighted by Gasteiger charge is -2.28. The lowest BCUT2D eigenvalue weighted by molar-refractivity contribution is 0.127. The second-order valence-electron chi connectivity index (χ2n) is 6.66. The number of rotatable bonds is 9. The molecule has 2 atom stereocenters. The van der Waals surface area contributed by atoms with Crippen LogP contribution in [0.15, 0.2) is 29.3 Å². The van der Waals surface area contributed by atoms with Gasteiger partial charge in [-0.1, -0.05) is 30.7 Å². The minimum Gasteiger partial charge on any atom is -0.487 e. The number of hydrogen-bond acceptors (Lipinski definition) is 4. The third-order valence-corrected chi connectivity index (χ3v) is 5.08. The summed E-state index contributed by atoms with van der Waals surface area (Å²) in [5.74, 6) is 1.41. The first kappa shape index (κ1) is 24.3. The number of nitrogens with one attached hydrogen (secondary N) is 2. The van der Waals surface area contributed by atoms with Crippen molar-refractivity contribution in [3.8, 4) is 5.75 Å². The van der Waals surface area contributed by atoms with E-state index in [0.29, 0.717) is 23.9 Å². The molecule has 0 saturated carbocycles. The Hall–Kier alpha value is -0.770. The van der Waals surface area contributed by atoms with Gasteiger partial charge in [0.2, 0.25) is 0 Å². The fraction of sp³-hybridized carbons (Fsp3) is 0.632. The quantitative estimate of drug-likeness (QED) is 0.270. The molecule has 154 valence electrons. The molecule has 27 heavy (non-hydrogen) atoms. The van der Waals surface area contributed by atoms with E-state index in [-0.39, 0.29) is 42.1 Å². The molecule has 1 saturated heterocycles. The van der Waals surface area contributed by atoms with Gasteiger partial charge < -0.3 is 25.2 Å². The van der Waals surface area contributed by atoms with Crippen molar-refractivity contribution >= 4 is 41.5 Å². The van der Waals surface area contributed by atoms with Crippen LogP contribution in [0.5, 0.6) is 5.75 Å². The molecule has 1 fully saturated rings. The van der Waals surface area contributed by atoms with Gasteiger partial charge in [0.25, 0.3) is 0 Å². The van der Waals surface area contributed by atoms with E-state index in [4.69, 9.17) is 21.1 Å². The first-order valence-electron chi connectivity index (χ1n) is 9.17. The van der Waals surface area contributed by atoms with Crippen molar-refractivity contribution in [3.05, 3.63) is 29.3 Å². The molecule has 1 heterocycles. The Morgan fingerprint density at radius 2 is 2.19 bits per heavy atom. The number of aliphatic hydroxyl groups is 1. The van der Waals surface area contributed by atoms with Gasteiger partial charge in [0, 0.05) is 32.2 Å². The average Bonchev–Trinajstić information content (AvgIpc) is 3.11. The molecule has 2 unspecified atom stereocenters. The summed E-state index contributed by atoms with van der Waals surface area (Å²) in [6.45, 7) is 4.99. The Morgan fingerprint density at radius 1 is 1.41 bits per heavy atom. The molecule has 2 rings (SSSR count). The van der Waals surface area contributed by atoms with E-state index in [9.17, 15) is 5.11 Å². The normalized spacial score (nSPS) is 20.7. The summed E-state index contributed by atoms with van der Waals surface area (Å²) in [5, 5.41) is 16.6. The number of benzene rings is 1. The largest absolute Gasteiger partial charge is 0.487 e. The Bertz CT molecular complexity index is 583. The van der Waals surface area contributed by atoms with E-state index in [2.05, 4.69) is 22.5 Å². The van der Waals surface area contributed by atoms with Crippen LogP contribution in [-0.4, -0.2) is 57.1 Å². The third kappa shape index (κ3) is 7.63. The van der Waals surface area contributed by atoms with Gasteiger partial charge in [-0.2, -0.15) is 0 Å². The zero-order chi connectivity index (χ0) is 18.8. The highest BCUT2D eigenvalue weighted by Gasteiger charge is 2.34. The molecule has 8 heteroatoms. The van der Waals surface area contributed by atoms with E-state index in [1.807, 2.05) is 24.3 Å². The molecule has 0 amide bonds. The molecule has 6 nitrogen and oxygen atoms in total. The Labute approximate surface area is 184 Å². The van der Waals surface area contributed by atoms with Gasteiger partial charge in [0.15, 0.2) is 5.96 Å². The fourth-order valence-electron chi connectivity index (χ4n) is 3.00. The van der Waals surface area contributed by atoms with Crippen molar-refractivity contribution in [1.29, 1.82) is 0 Å². The van der Waals surface area contributed by atoms with Gasteiger partial charge in [-0.15, -0.1) is 24.0 Å². The predicted octanol–water partition coefficient (Wildman–Crippen LogP) is 3.07. The zero-order valence-corrected chi connectivity index (χ0v) is 19.1. The topological polar surface area (TPSA) is 75.1 Å². The van der Waals surface area contributed by atoms with Gasteiger partial charge >= 0.3 is 0 Å². The van der Waals surface area contributed by atoms with Gasteiger partial charge in [-0.3, -0.25) is 4.99 Å². The van der Waals surface area contributed by atoms with Crippen LogP contribution in [-0.2, 0) is 4.74 Å². The van der Waals surface area contributed by atoms with Gasteiger partial charge in [0.05, 0.1) is 18.2 Å². The van der Waals surface area contributed by atoms with E-state index in [0.717, 1.165) is 38.4 Å². The summed E-state index contributed by atoms with van der Waals surface area (Å²) in [6.07, 6.45) is 2.50. The van der Waals surface area contributed by atoms with Gasteiger partial charge in [0.1, 0.15) is 11.9 Å². The molecule has 3 N–H and O–H groups in total. The number of halogens is 2. The fourth-order valence-corrected chi connectivity index (χ4v) is 3.18. The second kappa shape index (κ2) is 12.6. The molecule has 0 spiro atoms. The zero-order valence-electron chi connectivity index (χ0n) is 16.0. The highest BCUT2D eigenvalue weighted by Crippen LogP contribution is 2.31. The minimum atomic E-state index is -0.0232. The van der Waals surface area contributed by atoms with E-state index >= 15 is 0 Å². The van der Waals surface area contributed by atoms with Crippen molar-refractivity contribution < 1.29 is 14.6 Å². The highest BCUT2D eigenvalue weighted by atomic mass is 127. The van der Waals surface area contributed by atoms with Crippen LogP contribution >= 0.6 is 35.6 Å². The number of hydrogen-bond donors (Lipinski definition) is 3. The van der Waals surface area contributed by atoms with Crippen LogP contribution in [0.4, 0.5) is 0 Å². The number of guanidine groups is 1. The molecular weight excluding hydrogens is 481 g/mol. The van der Waals surface area contributed by atoms with Crippen LogP contribution in [0.25, 0.3) is 0 Å². The Balaban J connectivity index is 0.00000364. The summed E-state index contributed by atoms with van der Waals surface area (Å²) < 4.78 is 11.5. The second-order valence-corrected chi connectivity index (χ2v) is 7.07. The van der Waals surface area contributed by atoms with Crippen LogP contribution in [0, 0.1) is 5.41 Å². The van der Waals surface area contributed by atoms with Crippen molar-refractivity contribution in [2.24, 2.45) is 10.4 Å². The van der Waals surface area contributed by atoms with Gasteiger partial charge in [-0.05, 0) is 31.4 Å². The summed E-state index contributed by atoms with van der Waals surface area (Å²) in [4.78, 5) is 4.28. The predicted molar refractivity (Wildman–Crippen MR) is 121 cm³/mol. The molecule has 1 aromatic rings. The Kier molecular flexibility index (Phi) is 11.4. The molecule has 0 aliphatic carbocycles. The standard InChI is InChI=1S/C19H30ClN3O3.HI/c1-3-15(26-17-7-5-4-6-16(17)20)12-22-18(21-2)23-13-19(8-10-24)9-11-25-14-19;/h4-7,15,24H,3,8-14H2,1-2H3,(H2,21,22,23);1H. The monoisotopic (exact) mass is 511 g/mol. The number of aliphatic hydroxyl groups excluding tert-OH is 1. The molecule has 0 radical (unpaired) electrons. The Morgan fingerprint density at radius 3 is 2.78 bits per heavy atom. The molecule has 0 aromatic heterocycles. The van der Waals surface area contributed by atoms with Crippen molar-refractivity contribution in [3.63, 3.8) is 0 Å². The van der Waals surface area contributed by atoms with Crippen molar-refractivity contribution in [2.45, 2.75) is 32.3 Å². The number of para-hydroxylation sites is 1. The molecule has 0 bridgehead atoms. The van der Waals surface area contributed by atoms with E-state index in [1.54, 1.807) is 7.05 Å². The first-order chi connectivity index (χ1) is 12.6. The summed E-state index contributed by atoms with van der Waals surface area (Å²) in [7, 11) is 1.75. The van der Waals surface area contributed by atoms with Crippen molar-refractivity contribution in [1.82, 2.24) is 10.6 Å². The number of nitrogens with zero attached hydrogens (tertiary/aromatic N) is 1. The summed E-state index contributed by atoms with van der Waals surface area (Å²) in [6, 6.07) is 7.49. The lowest BCUT2D eigenvalue weighted by Crippen LogP contribution is -2.46. The number of ether oxygens (including phenoxy) is 2. The smallest absolute Gasteiger partial charge is 0.191 e. The maximum absolute atomic E-state index is 9.33. The molecular formula is C19H31ClIN3O3. The maximum Gasteiger partial charge on any atom is 0.191 e.